The van der Waals surface area contributed by atoms with Gasteiger partial charge in [0.15, 0.2) is 11.6 Å². The Bertz CT molecular complexity index is 651. The summed E-state index contributed by atoms with van der Waals surface area (Å²) < 4.78 is 32.2. The Labute approximate surface area is 131 Å². The van der Waals surface area contributed by atoms with E-state index in [1.165, 1.54) is 17.0 Å². The SMILES string of the molecule is O=C(Cc1cccc(F)c1F)N1C[C@@H]2CCOC[C@]2(C(=O)O)C1. The zero-order chi connectivity index (χ0) is 16.6. The van der Waals surface area contributed by atoms with Crippen LogP contribution in [0.5, 0.6) is 0 Å². The lowest BCUT2D eigenvalue weighted by Gasteiger charge is -2.33. The van der Waals surface area contributed by atoms with Crippen LogP contribution in [-0.4, -0.2) is 48.2 Å². The maximum Gasteiger partial charge on any atom is 0.314 e. The van der Waals surface area contributed by atoms with E-state index in [1.807, 2.05) is 0 Å². The summed E-state index contributed by atoms with van der Waals surface area (Å²) in [5, 5.41) is 9.54. The summed E-state index contributed by atoms with van der Waals surface area (Å²) in [6.07, 6.45) is 0.289. The average molecular weight is 325 g/mol. The fourth-order valence-electron chi connectivity index (χ4n) is 3.44. The smallest absolute Gasteiger partial charge is 0.314 e. The van der Waals surface area contributed by atoms with E-state index in [0.29, 0.717) is 19.6 Å². The molecule has 2 atom stereocenters. The van der Waals surface area contributed by atoms with E-state index in [4.69, 9.17) is 4.74 Å². The van der Waals surface area contributed by atoms with Gasteiger partial charge < -0.3 is 14.7 Å². The van der Waals surface area contributed by atoms with Crippen LogP contribution in [0.3, 0.4) is 0 Å². The second-order valence-corrected chi connectivity index (χ2v) is 6.16. The van der Waals surface area contributed by atoms with Crippen molar-refractivity contribution in [1.82, 2.24) is 4.90 Å². The van der Waals surface area contributed by atoms with Gasteiger partial charge in [0.05, 0.1) is 13.0 Å². The molecule has 0 bridgehead atoms. The maximum atomic E-state index is 13.7. The van der Waals surface area contributed by atoms with Gasteiger partial charge >= 0.3 is 5.97 Å². The summed E-state index contributed by atoms with van der Waals surface area (Å²) in [7, 11) is 0. The molecule has 124 valence electrons. The molecule has 0 unspecified atom stereocenters. The monoisotopic (exact) mass is 325 g/mol. The third-order valence-corrected chi connectivity index (χ3v) is 4.82. The van der Waals surface area contributed by atoms with Gasteiger partial charge in [0.2, 0.25) is 5.91 Å². The number of carbonyl (C=O) groups excluding carboxylic acids is 1. The number of ether oxygens (including phenoxy) is 1. The maximum absolute atomic E-state index is 13.7. The summed E-state index contributed by atoms with van der Waals surface area (Å²) in [5.41, 5.74) is -1.11. The van der Waals surface area contributed by atoms with Crippen LogP contribution in [0.4, 0.5) is 8.78 Å². The number of hydrogen-bond donors (Lipinski definition) is 1. The van der Waals surface area contributed by atoms with Crippen molar-refractivity contribution in [3.05, 3.63) is 35.4 Å². The highest BCUT2D eigenvalue weighted by Gasteiger charge is 2.55. The minimum atomic E-state index is -1.09. The minimum absolute atomic E-state index is 0.0227. The molecule has 1 aromatic rings. The number of carboxylic acid groups (broad SMARTS) is 1. The first-order valence-electron chi connectivity index (χ1n) is 7.46. The topological polar surface area (TPSA) is 66.8 Å². The predicted octanol–water partition coefficient (Wildman–Crippen LogP) is 1.46. The Hall–Kier alpha value is -2.02. The summed E-state index contributed by atoms with van der Waals surface area (Å²) >= 11 is 0. The Morgan fingerprint density at radius 2 is 2.17 bits per heavy atom. The zero-order valence-electron chi connectivity index (χ0n) is 12.4. The van der Waals surface area contributed by atoms with Crippen molar-refractivity contribution in [1.29, 1.82) is 0 Å². The molecule has 0 aliphatic carbocycles. The molecule has 3 rings (SSSR count). The molecule has 5 nitrogen and oxygen atoms in total. The lowest BCUT2D eigenvalue weighted by atomic mass is 9.76. The molecule has 1 aromatic carbocycles. The Kier molecular flexibility index (Phi) is 4.06. The molecule has 1 N–H and O–H groups in total. The molecule has 2 aliphatic heterocycles. The lowest BCUT2D eigenvalue weighted by Crippen LogP contribution is -2.46. The molecule has 0 saturated carbocycles. The third kappa shape index (κ3) is 2.69. The van der Waals surface area contributed by atoms with Crippen LogP contribution < -0.4 is 0 Å². The fraction of sp³-hybridized carbons (Fsp3) is 0.500. The summed E-state index contributed by atoms with van der Waals surface area (Å²) in [6, 6.07) is 3.69. The molecule has 0 aromatic heterocycles. The van der Waals surface area contributed by atoms with Crippen LogP contribution in [0.15, 0.2) is 18.2 Å². The van der Waals surface area contributed by atoms with Crippen LogP contribution in [0.2, 0.25) is 0 Å². The van der Waals surface area contributed by atoms with Gasteiger partial charge in [-0.05, 0) is 18.4 Å². The van der Waals surface area contributed by atoms with E-state index >= 15 is 0 Å². The highest BCUT2D eigenvalue weighted by atomic mass is 19.2. The standard InChI is InChI=1S/C16H17F2NO4/c17-12-3-1-2-10(14(12)18)6-13(20)19-7-11-4-5-23-9-16(11,8-19)15(21)22/h1-3,11H,4-9H2,(H,21,22)/t11-,16+/m0/s1. The number of rotatable bonds is 3. The van der Waals surface area contributed by atoms with Crippen molar-refractivity contribution in [3.63, 3.8) is 0 Å². The molecule has 2 heterocycles. The fourth-order valence-corrected chi connectivity index (χ4v) is 3.44. The average Bonchev–Trinajstić information content (AvgIpc) is 2.93. The number of aliphatic carboxylic acids is 1. The summed E-state index contributed by atoms with van der Waals surface area (Å²) in [4.78, 5) is 25.5. The number of carboxylic acids is 1. The Morgan fingerprint density at radius 3 is 2.87 bits per heavy atom. The molecule has 1 amide bonds. The first-order valence-corrected chi connectivity index (χ1v) is 7.46. The van der Waals surface area contributed by atoms with Crippen molar-refractivity contribution < 1.29 is 28.2 Å². The first-order chi connectivity index (χ1) is 10.9. The van der Waals surface area contributed by atoms with Gasteiger partial charge in [-0.25, -0.2) is 8.78 Å². The van der Waals surface area contributed by atoms with Crippen molar-refractivity contribution in [2.24, 2.45) is 11.3 Å². The number of amides is 1. The number of halogens is 2. The van der Waals surface area contributed by atoms with Crippen LogP contribution in [0, 0.1) is 23.0 Å². The molecular weight excluding hydrogens is 308 g/mol. The van der Waals surface area contributed by atoms with Gasteiger partial charge in [0.1, 0.15) is 5.41 Å². The summed E-state index contributed by atoms with van der Waals surface area (Å²) in [6.45, 7) is 0.902. The Morgan fingerprint density at radius 1 is 1.39 bits per heavy atom. The number of likely N-dealkylation sites (tertiary alicyclic amines) is 1. The van der Waals surface area contributed by atoms with E-state index < -0.39 is 28.9 Å². The third-order valence-electron chi connectivity index (χ3n) is 4.82. The predicted molar refractivity (Wildman–Crippen MR) is 75.6 cm³/mol. The molecule has 2 saturated heterocycles. The second-order valence-electron chi connectivity index (χ2n) is 6.16. The summed E-state index contributed by atoms with van der Waals surface area (Å²) in [5.74, 6) is -3.58. The van der Waals surface area contributed by atoms with Gasteiger partial charge in [-0.2, -0.15) is 0 Å². The number of benzene rings is 1. The normalized spacial score (nSPS) is 26.9. The van der Waals surface area contributed by atoms with Crippen LogP contribution in [0.1, 0.15) is 12.0 Å². The molecule has 0 spiro atoms. The van der Waals surface area contributed by atoms with E-state index in [1.54, 1.807) is 0 Å². The van der Waals surface area contributed by atoms with Gasteiger partial charge in [-0.3, -0.25) is 9.59 Å². The minimum Gasteiger partial charge on any atom is -0.481 e. The first kappa shape index (κ1) is 15.9. The van der Waals surface area contributed by atoms with Crippen molar-refractivity contribution in [2.75, 3.05) is 26.3 Å². The van der Waals surface area contributed by atoms with Crippen LogP contribution >= 0.6 is 0 Å². The van der Waals surface area contributed by atoms with Crippen LogP contribution in [0.25, 0.3) is 0 Å². The van der Waals surface area contributed by atoms with E-state index in [-0.39, 0.29) is 31.1 Å². The quantitative estimate of drug-likeness (QED) is 0.914. The van der Waals surface area contributed by atoms with Crippen molar-refractivity contribution in [3.8, 4) is 0 Å². The number of carbonyl (C=O) groups is 2. The van der Waals surface area contributed by atoms with Crippen molar-refractivity contribution >= 4 is 11.9 Å². The highest BCUT2D eigenvalue weighted by Crippen LogP contribution is 2.41. The number of hydrogen-bond acceptors (Lipinski definition) is 3. The number of fused-ring (bicyclic) bond motifs is 1. The number of nitrogens with zero attached hydrogens (tertiary/aromatic N) is 1. The largest absolute Gasteiger partial charge is 0.481 e. The Balaban J connectivity index is 1.76. The lowest BCUT2D eigenvalue weighted by molar-refractivity contribution is -0.159. The van der Waals surface area contributed by atoms with E-state index in [0.717, 1.165) is 6.07 Å². The van der Waals surface area contributed by atoms with E-state index in [9.17, 15) is 23.5 Å². The van der Waals surface area contributed by atoms with Gasteiger partial charge in [-0.15, -0.1) is 0 Å². The second kappa shape index (κ2) is 5.88. The molecular formula is C16H17F2NO4. The zero-order valence-corrected chi connectivity index (χ0v) is 12.4. The highest BCUT2D eigenvalue weighted by molar-refractivity contribution is 5.82. The van der Waals surface area contributed by atoms with Crippen LogP contribution in [-0.2, 0) is 20.7 Å². The molecule has 7 heteroatoms. The van der Waals surface area contributed by atoms with Gasteiger partial charge in [0.25, 0.3) is 0 Å². The van der Waals surface area contributed by atoms with Gasteiger partial charge in [0, 0.05) is 25.3 Å². The van der Waals surface area contributed by atoms with Gasteiger partial charge in [-0.1, -0.05) is 12.1 Å². The van der Waals surface area contributed by atoms with Crippen molar-refractivity contribution in [2.45, 2.75) is 12.8 Å². The van der Waals surface area contributed by atoms with E-state index in [2.05, 4.69) is 0 Å². The molecule has 2 fully saturated rings. The molecule has 0 radical (unpaired) electrons. The molecule has 23 heavy (non-hydrogen) atoms. The molecule has 2 aliphatic rings.